The van der Waals surface area contributed by atoms with Crippen LogP contribution in [0.15, 0.2) is 30.1 Å². The van der Waals surface area contributed by atoms with E-state index in [0.29, 0.717) is 11.9 Å². The first kappa shape index (κ1) is 13.6. The predicted octanol–water partition coefficient (Wildman–Crippen LogP) is 2.04. The minimum absolute atomic E-state index is 0.0269. The Balaban J connectivity index is 2.19. The molecule has 2 rings (SSSR count). The Bertz CT molecular complexity index is 517. The molecular weight excluding hydrogens is 254 g/mol. The SMILES string of the molecule is NC/C(=C\F)COC1CC(=O)Nc2c(F)cccc21. The highest BCUT2D eigenvalue weighted by Gasteiger charge is 2.27. The number of nitrogens with one attached hydrogen (secondary N) is 1. The monoisotopic (exact) mass is 268 g/mol. The van der Waals surface area contributed by atoms with Crippen molar-refractivity contribution < 1.29 is 18.3 Å². The van der Waals surface area contributed by atoms with Crippen LogP contribution in [0.5, 0.6) is 0 Å². The quantitative estimate of drug-likeness (QED) is 0.878. The highest BCUT2D eigenvalue weighted by molar-refractivity contribution is 5.94. The van der Waals surface area contributed by atoms with Gasteiger partial charge >= 0.3 is 0 Å². The van der Waals surface area contributed by atoms with E-state index >= 15 is 0 Å². The molecule has 0 aromatic heterocycles. The van der Waals surface area contributed by atoms with Gasteiger partial charge in [0.05, 0.1) is 31.1 Å². The largest absolute Gasteiger partial charge is 0.368 e. The number of hydrogen-bond donors (Lipinski definition) is 2. The third-order valence-corrected chi connectivity index (χ3v) is 2.91. The highest BCUT2D eigenvalue weighted by atomic mass is 19.1. The van der Waals surface area contributed by atoms with Crippen molar-refractivity contribution in [3.8, 4) is 0 Å². The standard InChI is InChI=1S/C13H14F2N2O2/c14-5-8(6-16)7-19-11-4-12(18)17-13-9(11)2-1-3-10(13)15/h1-3,5,11H,4,6-7,16H2,(H,17,18)/b8-5+. The van der Waals surface area contributed by atoms with Gasteiger partial charge in [-0.2, -0.15) is 0 Å². The molecule has 0 radical (unpaired) electrons. The summed E-state index contributed by atoms with van der Waals surface area (Å²) in [7, 11) is 0. The van der Waals surface area contributed by atoms with E-state index < -0.39 is 11.9 Å². The summed E-state index contributed by atoms with van der Waals surface area (Å²) in [4.78, 5) is 11.5. The topological polar surface area (TPSA) is 64.3 Å². The van der Waals surface area contributed by atoms with Crippen LogP contribution in [0.2, 0.25) is 0 Å². The number of carbonyl (C=O) groups excluding carboxylic acids is 1. The van der Waals surface area contributed by atoms with Gasteiger partial charge in [0.25, 0.3) is 0 Å². The van der Waals surface area contributed by atoms with E-state index in [9.17, 15) is 13.6 Å². The molecule has 6 heteroatoms. The maximum atomic E-state index is 13.6. The number of anilines is 1. The molecular formula is C13H14F2N2O2. The van der Waals surface area contributed by atoms with Gasteiger partial charge < -0.3 is 15.8 Å². The normalized spacial score (nSPS) is 19.0. The number of nitrogens with two attached hydrogens (primary N) is 1. The summed E-state index contributed by atoms with van der Waals surface area (Å²) in [6.45, 7) is 0.00627. The lowest BCUT2D eigenvalue weighted by atomic mass is 9.99. The van der Waals surface area contributed by atoms with Crippen LogP contribution in [-0.2, 0) is 9.53 Å². The van der Waals surface area contributed by atoms with Crippen LogP contribution in [0.25, 0.3) is 0 Å². The zero-order valence-corrected chi connectivity index (χ0v) is 10.2. The summed E-state index contributed by atoms with van der Waals surface area (Å²) >= 11 is 0. The summed E-state index contributed by atoms with van der Waals surface area (Å²) in [5, 5.41) is 2.47. The molecule has 0 saturated heterocycles. The maximum Gasteiger partial charge on any atom is 0.227 e. The van der Waals surface area contributed by atoms with Gasteiger partial charge in [-0.3, -0.25) is 4.79 Å². The summed E-state index contributed by atoms with van der Waals surface area (Å²) < 4.78 is 31.4. The Kier molecular flexibility index (Phi) is 4.24. The lowest BCUT2D eigenvalue weighted by molar-refractivity contribution is -0.119. The molecule has 1 atom stereocenters. The first-order valence-corrected chi connectivity index (χ1v) is 5.83. The Morgan fingerprint density at radius 3 is 3.05 bits per heavy atom. The van der Waals surface area contributed by atoms with Gasteiger partial charge in [-0.25, -0.2) is 8.78 Å². The Hall–Kier alpha value is -1.79. The molecule has 1 aliphatic rings. The molecule has 0 fully saturated rings. The van der Waals surface area contributed by atoms with Gasteiger partial charge in [-0.15, -0.1) is 0 Å². The van der Waals surface area contributed by atoms with E-state index in [1.54, 1.807) is 6.07 Å². The third kappa shape index (κ3) is 2.97. The second kappa shape index (κ2) is 5.90. The summed E-state index contributed by atoms with van der Waals surface area (Å²) in [6, 6.07) is 4.47. The number of amides is 1. The minimum atomic E-state index is -0.596. The van der Waals surface area contributed by atoms with Crippen LogP contribution < -0.4 is 11.1 Å². The van der Waals surface area contributed by atoms with E-state index in [4.69, 9.17) is 10.5 Å². The number of fused-ring (bicyclic) bond motifs is 1. The predicted molar refractivity (Wildman–Crippen MR) is 66.6 cm³/mol. The van der Waals surface area contributed by atoms with E-state index in [1.807, 2.05) is 0 Å². The Morgan fingerprint density at radius 2 is 2.37 bits per heavy atom. The number of para-hydroxylation sites is 1. The van der Waals surface area contributed by atoms with Crippen LogP contribution in [0.3, 0.4) is 0 Å². The molecule has 0 saturated carbocycles. The van der Waals surface area contributed by atoms with Crippen molar-refractivity contribution in [2.24, 2.45) is 5.73 Å². The molecule has 1 amide bonds. The van der Waals surface area contributed by atoms with E-state index in [-0.39, 0.29) is 36.7 Å². The molecule has 1 aromatic rings. The van der Waals surface area contributed by atoms with Crippen molar-refractivity contribution in [2.75, 3.05) is 18.5 Å². The van der Waals surface area contributed by atoms with Gasteiger partial charge in [0, 0.05) is 12.1 Å². The third-order valence-electron chi connectivity index (χ3n) is 2.91. The number of hydrogen-bond acceptors (Lipinski definition) is 3. The molecule has 102 valence electrons. The first-order chi connectivity index (χ1) is 9.15. The number of rotatable bonds is 4. The zero-order valence-electron chi connectivity index (χ0n) is 10.2. The van der Waals surface area contributed by atoms with Gasteiger partial charge in [0.2, 0.25) is 5.91 Å². The van der Waals surface area contributed by atoms with Gasteiger partial charge in [0.15, 0.2) is 0 Å². The number of halogens is 2. The van der Waals surface area contributed by atoms with E-state index in [1.165, 1.54) is 12.1 Å². The average molecular weight is 268 g/mol. The molecule has 0 spiro atoms. The van der Waals surface area contributed by atoms with Crippen LogP contribution in [0.4, 0.5) is 14.5 Å². The van der Waals surface area contributed by atoms with Crippen molar-refractivity contribution in [1.29, 1.82) is 0 Å². The lowest BCUT2D eigenvalue weighted by Crippen LogP contribution is -2.26. The average Bonchev–Trinajstić information content (AvgIpc) is 2.41. The van der Waals surface area contributed by atoms with Crippen LogP contribution >= 0.6 is 0 Å². The van der Waals surface area contributed by atoms with Gasteiger partial charge in [-0.1, -0.05) is 12.1 Å². The zero-order chi connectivity index (χ0) is 13.8. The molecule has 1 unspecified atom stereocenters. The van der Waals surface area contributed by atoms with Crippen molar-refractivity contribution >= 4 is 11.6 Å². The molecule has 19 heavy (non-hydrogen) atoms. The summed E-state index contributed by atoms with van der Waals surface area (Å²) in [5.74, 6) is -0.847. The van der Waals surface area contributed by atoms with Crippen LogP contribution in [0.1, 0.15) is 18.1 Å². The smallest absolute Gasteiger partial charge is 0.227 e. The van der Waals surface area contributed by atoms with E-state index in [0.717, 1.165) is 0 Å². The second-order valence-corrected chi connectivity index (χ2v) is 4.23. The van der Waals surface area contributed by atoms with Crippen molar-refractivity contribution in [2.45, 2.75) is 12.5 Å². The summed E-state index contributed by atoms with van der Waals surface area (Å²) in [6.07, 6.45) is -0.142. The molecule has 1 aliphatic heterocycles. The molecule has 1 aromatic carbocycles. The van der Waals surface area contributed by atoms with E-state index in [2.05, 4.69) is 5.32 Å². The molecule has 4 nitrogen and oxygen atoms in total. The fourth-order valence-corrected chi connectivity index (χ4v) is 1.90. The second-order valence-electron chi connectivity index (χ2n) is 4.23. The molecule has 1 heterocycles. The van der Waals surface area contributed by atoms with Crippen molar-refractivity contribution in [1.82, 2.24) is 0 Å². The van der Waals surface area contributed by atoms with Crippen molar-refractivity contribution in [3.05, 3.63) is 41.5 Å². The molecule has 0 bridgehead atoms. The molecule has 0 aliphatic carbocycles. The summed E-state index contributed by atoms with van der Waals surface area (Å²) in [5.41, 5.74) is 6.28. The number of ether oxygens (including phenoxy) is 1. The maximum absolute atomic E-state index is 13.6. The lowest BCUT2D eigenvalue weighted by Gasteiger charge is -2.26. The first-order valence-electron chi connectivity index (χ1n) is 5.83. The Labute approximate surface area is 109 Å². The van der Waals surface area contributed by atoms with Crippen molar-refractivity contribution in [3.63, 3.8) is 0 Å². The van der Waals surface area contributed by atoms with Crippen LogP contribution in [-0.4, -0.2) is 19.1 Å². The Morgan fingerprint density at radius 1 is 1.58 bits per heavy atom. The van der Waals surface area contributed by atoms with Gasteiger partial charge in [0.1, 0.15) is 5.82 Å². The molecule has 3 N–H and O–H groups in total. The minimum Gasteiger partial charge on any atom is -0.368 e. The highest BCUT2D eigenvalue weighted by Crippen LogP contribution is 2.34. The fraction of sp³-hybridized carbons (Fsp3) is 0.308. The van der Waals surface area contributed by atoms with Gasteiger partial charge in [-0.05, 0) is 11.6 Å². The van der Waals surface area contributed by atoms with Crippen LogP contribution in [0, 0.1) is 5.82 Å². The number of benzene rings is 1. The number of carbonyl (C=O) groups is 1. The fourth-order valence-electron chi connectivity index (χ4n) is 1.90.